The zero-order chi connectivity index (χ0) is 28.9. The van der Waals surface area contributed by atoms with E-state index in [-0.39, 0.29) is 30.6 Å². The Morgan fingerprint density at radius 2 is 1.85 bits per heavy atom. The molecule has 0 bridgehead atoms. The van der Waals surface area contributed by atoms with Crippen LogP contribution >= 0.6 is 31.9 Å². The molecule has 2 aromatic rings. The third-order valence-electron chi connectivity index (χ3n) is 7.84. The summed E-state index contributed by atoms with van der Waals surface area (Å²) in [4.78, 5) is 25.9. The molecule has 1 aliphatic carbocycles. The molecule has 2 aromatic carbocycles. The van der Waals surface area contributed by atoms with Gasteiger partial charge in [-0.2, -0.15) is 0 Å². The van der Waals surface area contributed by atoms with Gasteiger partial charge in [-0.15, -0.1) is 0 Å². The number of benzene rings is 2. The molecule has 3 unspecified atom stereocenters. The van der Waals surface area contributed by atoms with Gasteiger partial charge in [0.15, 0.2) is 0 Å². The van der Waals surface area contributed by atoms with Crippen LogP contribution in [0.4, 0.5) is 4.79 Å². The summed E-state index contributed by atoms with van der Waals surface area (Å²) >= 11 is 7.17. The van der Waals surface area contributed by atoms with Crippen molar-refractivity contribution in [1.29, 1.82) is 0 Å². The number of methoxy groups -OCH3 is 1. The number of carbonyl (C=O) groups is 1. The van der Waals surface area contributed by atoms with Crippen LogP contribution in [0.5, 0.6) is 11.5 Å². The topological polar surface area (TPSA) is 77.8 Å². The Balaban J connectivity index is 1.61. The highest BCUT2D eigenvalue weighted by molar-refractivity contribution is 9.12. The van der Waals surface area contributed by atoms with Crippen molar-refractivity contribution in [2.24, 2.45) is 10.9 Å². The number of aliphatic hydroxyl groups is 1. The first-order valence-electron chi connectivity index (χ1n) is 14.0. The number of β-amino-alcohol motifs (C(OH)–C–C–N with tert-alkyl or cyclic N) is 1. The van der Waals surface area contributed by atoms with Gasteiger partial charge in [-0.1, -0.05) is 62.2 Å². The highest BCUT2D eigenvalue weighted by Gasteiger charge is 2.47. The number of urea groups is 1. The number of amidine groups is 1. The maximum absolute atomic E-state index is 14.6. The van der Waals surface area contributed by atoms with Crippen LogP contribution in [-0.4, -0.2) is 90.8 Å². The molecular formula is C31H36Br2N4O4. The molecule has 0 aromatic heterocycles. The van der Waals surface area contributed by atoms with Crippen molar-refractivity contribution in [3.63, 3.8) is 0 Å². The fourth-order valence-electron chi connectivity index (χ4n) is 5.74. The highest BCUT2D eigenvalue weighted by Crippen LogP contribution is 2.43. The van der Waals surface area contributed by atoms with Crippen LogP contribution in [0, 0.1) is 5.92 Å². The summed E-state index contributed by atoms with van der Waals surface area (Å²) in [5, 5.41) is 9.40. The average Bonchev–Trinajstić information content (AvgIpc) is 3.38. The molecular weight excluding hydrogens is 652 g/mol. The lowest BCUT2D eigenvalue weighted by Gasteiger charge is -2.40. The summed E-state index contributed by atoms with van der Waals surface area (Å²) in [6.07, 6.45) is 7.21. The first-order chi connectivity index (χ1) is 19.9. The third kappa shape index (κ3) is 6.56. The van der Waals surface area contributed by atoms with Gasteiger partial charge in [0.2, 0.25) is 0 Å². The highest BCUT2D eigenvalue weighted by atomic mass is 79.9. The Kier molecular flexibility index (Phi) is 9.85. The number of hydrogen-bond donors (Lipinski definition) is 1. The van der Waals surface area contributed by atoms with Gasteiger partial charge in [0.1, 0.15) is 17.3 Å². The standard InChI is InChI=1S/C31H36Br2N4O4/c1-3-41-27-20-25(40-2)12-13-26(27)30-34-28(21-4-8-23(32)9-5-21)29(22-6-10-24(33)11-7-22)37(30)31(39)36-16-14-35(15-17-36)18-19-38/h4-6,8-13,20,22,28-29,38H,3,7,14-19H2,1-2H3. The minimum atomic E-state index is -0.269. The predicted molar refractivity (Wildman–Crippen MR) is 168 cm³/mol. The Hall–Kier alpha value is -2.66. The number of ether oxygens (including phenoxy) is 2. The van der Waals surface area contributed by atoms with Crippen molar-refractivity contribution in [2.45, 2.75) is 25.4 Å². The molecule has 5 rings (SSSR count). The number of carbonyl (C=O) groups excluding carboxylic acids is 1. The third-order valence-corrected chi connectivity index (χ3v) is 8.96. The Labute approximate surface area is 258 Å². The molecule has 0 saturated carbocycles. The Morgan fingerprint density at radius 3 is 2.49 bits per heavy atom. The van der Waals surface area contributed by atoms with E-state index in [1.54, 1.807) is 7.11 Å². The summed E-state index contributed by atoms with van der Waals surface area (Å²) < 4.78 is 13.6. The van der Waals surface area contributed by atoms with E-state index in [1.165, 1.54) is 0 Å². The molecule has 10 heteroatoms. The molecule has 2 aliphatic heterocycles. The molecule has 1 fully saturated rings. The van der Waals surface area contributed by atoms with Crippen LogP contribution < -0.4 is 9.47 Å². The van der Waals surface area contributed by atoms with Gasteiger partial charge >= 0.3 is 6.03 Å². The summed E-state index contributed by atoms with van der Waals surface area (Å²) in [5.74, 6) is 1.98. The summed E-state index contributed by atoms with van der Waals surface area (Å²) in [6.45, 7) is 5.76. The molecule has 8 nitrogen and oxygen atoms in total. The summed E-state index contributed by atoms with van der Waals surface area (Å²) in [5.41, 5.74) is 1.81. The Bertz CT molecular complexity index is 1320. The lowest BCUT2D eigenvalue weighted by Crippen LogP contribution is -2.57. The maximum Gasteiger partial charge on any atom is 0.326 e. The molecule has 1 N–H and O–H groups in total. The number of hydrogen-bond acceptors (Lipinski definition) is 6. The first kappa shape index (κ1) is 29.8. The average molecular weight is 688 g/mol. The molecule has 3 atom stereocenters. The number of aliphatic hydroxyl groups excluding tert-OH is 1. The van der Waals surface area contributed by atoms with Gasteiger partial charge in [-0.3, -0.25) is 14.8 Å². The normalized spacial score (nSPS) is 22.9. The van der Waals surface area contributed by atoms with E-state index in [2.05, 4.69) is 67.1 Å². The molecule has 3 aliphatic rings. The van der Waals surface area contributed by atoms with Crippen molar-refractivity contribution in [2.75, 3.05) is 53.0 Å². The van der Waals surface area contributed by atoms with E-state index in [0.29, 0.717) is 43.6 Å². The molecule has 41 heavy (non-hydrogen) atoms. The maximum atomic E-state index is 14.6. The van der Waals surface area contributed by atoms with Gasteiger partial charge in [-0.25, -0.2) is 4.79 Å². The second-order valence-corrected chi connectivity index (χ2v) is 12.1. The number of rotatable bonds is 8. The number of allylic oxidation sites excluding steroid dienone is 3. The van der Waals surface area contributed by atoms with Gasteiger partial charge in [-0.05, 0) is 43.2 Å². The van der Waals surface area contributed by atoms with Crippen molar-refractivity contribution < 1.29 is 19.4 Å². The minimum Gasteiger partial charge on any atom is -0.497 e. The van der Waals surface area contributed by atoms with Crippen molar-refractivity contribution in [1.82, 2.24) is 14.7 Å². The van der Waals surface area contributed by atoms with E-state index < -0.39 is 0 Å². The van der Waals surface area contributed by atoms with E-state index in [1.807, 2.05) is 47.1 Å². The van der Waals surface area contributed by atoms with Crippen LogP contribution in [0.25, 0.3) is 0 Å². The lowest BCUT2D eigenvalue weighted by molar-refractivity contribution is 0.104. The number of aliphatic imine (C=N–C) groups is 1. The van der Waals surface area contributed by atoms with Crippen molar-refractivity contribution in [3.05, 3.63) is 80.8 Å². The van der Waals surface area contributed by atoms with Crippen LogP contribution in [0.15, 0.2) is 74.6 Å². The molecule has 0 radical (unpaired) electrons. The number of piperazine rings is 1. The number of amides is 2. The smallest absolute Gasteiger partial charge is 0.326 e. The van der Waals surface area contributed by atoms with E-state index in [9.17, 15) is 9.90 Å². The van der Waals surface area contributed by atoms with E-state index in [4.69, 9.17) is 14.5 Å². The monoisotopic (exact) mass is 686 g/mol. The van der Waals surface area contributed by atoms with Gasteiger partial charge < -0.3 is 19.5 Å². The van der Waals surface area contributed by atoms with Crippen LogP contribution in [0.1, 0.15) is 30.5 Å². The van der Waals surface area contributed by atoms with Gasteiger partial charge in [0.05, 0.1) is 38.0 Å². The molecule has 2 amide bonds. The van der Waals surface area contributed by atoms with E-state index >= 15 is 0 Å². The van der Waals surface area contributed by atoms with Crippen molar-refractivity contribution >= 4 is 43.7 Å². The molecule has 1 saturated heterocycles. The minimum absolute atomic E-state index is 0.0552. The SMILES string of the molecule is CCOc1cc(OC)ccc1C1=NC(c2ccc(Br)cc2)C(C2C=CC(Br)=CC2)N1C(=O)N1CCN(CCO)CC1. The fourth-order valence-corrected chi connectivity index (χ4v) is 6.34. The lowest BCUT2D eigenvalue weighted by atomic mass is 9.85. The fraction of sp³-hybridized carbons (Fsp3) is 0.419. The van der Waals surface area contributed by atoms with Crippen molar-refractivity contribution in [3.8, 4) is 11.5 Å². The van der Waals surface area contributed by atoms with Gasteiger partial charge in [0.25, 0.3) is 0 Å². The van der Waals surface area contributed by atoms with E-state index in [0.717, 1.165) is 39.6 Å². The van der Waals surface area contributed by atoms with Gasteiger partial charge in [0, 0.05) is 53.7 Å². The quantitative estimate of drug-likeness (QED) is 0.390. The van der Waals surface area contributed by atoms with Crippen LogP contribution in [-0.2, 0) is 0 Å². The largest absolute Gasteiger partial charge is 0.497 e. The molecule has 0 spiro atoms. The number of halogens is 2. The number of nitrogens with zero attached hydrogens (tertiary/aromatic N) is 4. The zero-order valence-electron chi connectivity index (χ0n) is 23.4. The summed E-state index contributed by atoms with van der Waals surface area (Å²) in [6, 6.07) is 13.3. The predicted octanol–water partition coefficient (Wildman–Crippen LogP) is 5.61. The first-order valence-corrected chi connectivity index (χ1v) is 15.6. The van der Waals surface area contributed by atoms with Crippen LogP contribution in [0.2, 0.25) is 0 Å². The molecule has 218 valence electrons. The second-order valence-electron chi connectivity index (χ2n) is 10.3. The zero-order valence-corrected chi connectivity index (χ0v) is 26.6. The van der Waals surface area contributed by atoms with Crippen LogP contribution in [0.3, 0.4) is 0 Å². The Morgan fingerprint density at radius 1 is 1.10 bits per heavy atom. The molecule has 2 heterocycles. The summed E-state index contributed by atoms with van der Waals surface area (Å²) in [7, 11) is 1.63. The second kappa shape index (κ2) is 13.5.